The number of nitrogens with zero attached hydrogens (tertiary/aromatic N) is 2. The molecule has 0 unspecified atom stereocenters. The van der Waals surface area contributed by atoms with Gasteiger partial charge in [0.1, 0.15) is 5.75 Å². The summed E-state index contributed by atoms with van der Waals surface area (Å²) in [4.78, 5) is 16.6. The van der Waals surface area contributed by atoms with Crippen molar-refractivity contribution in [3.05, 3.63) is 28.8 Å². The number of carbonyl (C=O) groups is 1. The van der Waals surface area contributed by atoms with Crippen molar-refractivity contribution in [3.8, 4) is 5.75 Å². The lowest BCUT2D eigenvalue weighted by molar-refractivity contribution is -0.136. The molecule has 0 saturated carbocycles. The van der Waals surface area contributed by atoms with Crippen molar-refractivity contribution in [2.24, 2.45) is 0 Å². The van der Waals surface area contributed by atoms with Crippen LogP contribution in [0.4, 0.5) is 0 Å². The first-order chi connectivity index (χ1) is 10.5. The smallest absolute Gasteiger partial charge is 0.239 e. The van der Waals surface area contributed by atoms with Gasteiger partial charge in [0.2, 0.25) is 5.91 Å². The van der Waals surface area contributed by atoms with Crippen LogP contribution in [0.5, 0.6) is 5.75 Å². The second kappa shape index (κ2) is 7.84. The van der Waals surface area contributed by atoms with Crippen LogP contribution in [0, 0.1) is 0 Å². The molecule has 0 aromatic heterocycles. The maximum absolute atomic E-state index is 12.7. The van der Waals surface area contributed by atoms with Crippen LogP contribution in [0.25, 0.3) is 0 Å². The van der Waals surface area contributed by atoms with Crippen molar-refractivity contribution < 1.29 is 9.53 Å². The first-order valence-corrected chi connectivity index (χ1v) is 8.27. The topological polar surface area (TPSA) is 32.8 Å². The summed E-state index contributed by atoms with van der Waals surface area (Å²) in [5, 5.41) is 0.661. The highest BCUT2D eigenvalue weighted by Crippen LogP contribution is 2.25. The Morgan fingerprint density at radius 3 is 2.91 bits per heavy atom. The highest BCUT2D eigenvalue weighted by molar-refractivity contribution is 6.30. The van der Waals surface area contributed by atoms with Crippen LogP contribution >= 0.6 is 11.6 Å². The summed E-state index contributed by atoms with van der Waals surface area (Å²) in [6, 6.07) is 5.55. The average Bonchev–Trinajstić information content (AvgIpc) is 2.50. The zero-order valence-corrected chi connectivity index (χ0v) is 14.4. The second-order valence-corrected chi connectivity index (χ2v) is 6.31. The Morgan fingerprint density at radius 1 is 1.45 bits per heavy atom. The minimum absolute atomic E-state index is 0.00604. The molecule has 22 heavy (non-hydrogen) atoms. The van der Waals surface area contributed by atoms with Gasteiger partial charge >= 0.3 is 0 Å². The van der Waals surface area contributed by atoms with Gasteiger partial charge in [0.05, 0.1) is 12.6 Å². The van der Waals surface area contributed by atoms with E-state index in [1.54, 1.807) is 4.90 Å². The second-order valence-electron chi connectivity index (χ2n) is 5.87. The monoisotopic (exact) mass is 324 g/mol. The van der Waals surface area contributed by atoms with Crippen LogP contribution in [0.3, 0.4) is 0 Å². The molecule has 0 spiro atoms. The number of hydrogen-bond acceptors (Lipinski definition) is 3. The molecule has 1 saturated heterocycles. The molecule has 0 N–H and O–H groups in total. The third-order valence-corrected chi connectivity index (χ3v) is 4.40. The third-order valence-electron chi connectivity index (χ3n) is 4.16. The Balaban J connectivity index is 2.09. The maximum Gasteiger partial charge on any atom is 0.239 e. The molecule has 1 amide bonds. The summed E-state index contributed by atoms with van der Waals surface area (Å²) in [7, 11) is 3.88. The molecule has 1 atom stereocenters. The van der Waals surface area contributed by atoms with Crippen molar-refractivity contribution in [1.29, 1.82) is 0 Å². The van der Waals surface area contributed by atoms with Crippen LogP contribution in [-0.2, 0) is 11.3 Å². The van der Waals surface area contributed by atoms with Gasteiger partial charge in [-0.15, -0.1) is 0 Å². The van der Waals surface area contributed by atoms with Gasteiger partial charge in [-0.1, -0.05) is 18.0 Å². The molecule has 1 aliphatic heterocycles. The number of rotatable bonds is 5. The molecule has 1 aromatic rings. The van der Waals surface area contributed by atoms with Crippen LogP contribution in [0.15, 0.2) is 18.2 Å². The van der Waals surface area contributed by atoms with Crippen LogP contribution in [-0.4, -0.2) is 49.0 Å². The Hall–Kier alpha value is -1.26. The van der Waals surface area contributed by atoms with Gasteiger partial charge in [0.25, 0.3) is 0 Å². The number of likely N-dealkylation sites (tertiary alicyclic amines) is 1. The van der Waals surface area contributed by atoms with E-state index in [1.165, 1.54) is 6.42 Å². The van der Waals surface area contributed by atoms with Gasteiger partial charge < -0.3 is 9.64 Å². The van der Waals surface area contributed by atoms with Crippen LogP contribution < -0.4 is 4.74 Å². The van der Waals surface area contributed by atoms with E-state index >= 15 is 0 Å². The van der Waals surface area contributed by atoms with E-state index in [4.69, 9.17) is 16.3 Å². The Bertz CT molecular complexity index is 521. The summed E-state index contributed by atoms with van der Waals surface area (Å²) in [6.45, 7) is 4.05. The van der Waals surface area contributed by atoms with Gasteiger partial charge in [0, 0.05) is 24.2 Å². The van der Waals surface area contributed by atoms with E-state index in [9.17, 15) is 4.79 Å². The Morgan fingerprint density at radius 2 is 2.23 bits per heavy atom. The minimum Gasteiger partial charge on any atom is -0.494 e. The van der Waals surface area contributed by atoms with Crippen molar-refractivity contribution in [3.63, 3.8) is 0 Å². The molecule has 122 valence electrons. The molecule has 5 heteroatoms. The fraction of sp³-hybridized carbons (Fsp3) is 0.588. The van der Waals surface area contributed by atoms with E-state index in [-0.39, 0.29) is 11.9 Å². The third kappa shape index (κ3) is 4.14. The number of benzene rings is 1. The van der Waals surface area contributed by atoms with Gasteiger partial charge in [-0.25, -0.2) is 0 Å². The van der Waals surface area contributed by atoms with E-state index in [0.29, 0.717) is 18.2 Å². The molecule has 1 aromatic carbocycles. The summed E-state index contributed by atoms with van der Waals surface area (Å²) < 4.78 is 5.63. The molecule has 0 aliphatic carbocycles. The van der Waals surface area contributed by atoms with E-state index in [2.05, 4.69) is 4.90 Å². The van der Waals surface area contributed by atoms with Crippen molar-refractivity contribution in [2.45, 2.75) is 38.8 Å². The van der Waals surface area contributed by atoms with Crippen LogP contribution in [0.2, 0.25) is 5.02 Å². The summed E-state index contributed by atoms with van der Waals surface area (Å²) in [5.74, 6) is 0.966. The summed E-state index contributed by atoms with van der Waals surface area (Å²) >= 11 is 6.08. The number of ether oxygens (including phenoxy) is 1. The van der Waals surface area contributed by atoms with E-state index in [1.807, 2.05) is 39.2 Å². The predicted octanol–water partition coefficient (Wildman–Crippen LogP) is 3.18. The first-order valence-electron chi connectivity index (χ1n) is 7.89. The van der Waals surface area contributed by atoms with Gasteiger partial charge in [0.15, 0.2) is 0 Å². The lowest BCUT2D eigenvalue weighted by atomic mass is 10.0. The predicted molar refractivity (Wildman–Crippen MR) is 89.4 cm³/mol. The largest absolute Gasteiger partial charge is 0.494 e. The Kier molecular flexibility index (Phi) is 6.09. The SMILES string of the molecule is CCOc1ccc(Cl)cc1CN(C)C(=O)[C@@H]1CCCCN1C. The highest BCUT2D eigenvalue weighted by Gasteiger charge is 2.28. The molecule has 1 fully saturated rings. The summed E-state index contributed by atoms with van der Waals surface area (Å²) in [5.41, 5.74) is 0.948. The van der Waals surface area contributed by atoms with Gasteiger partial charge in [-0.2, -0.15) is 0 Å². The number of piperidine rings is 1. The Labute approximate surface area is 138 Å². The number of carbonyl (C=O) groups excluding carboxylic acids is 1. The van der Waals surface area contributed by atoms with E-state index < -0.39 is 0 Å². The maximum atomic E-state index is 12.7. The standard InChI is InChI=1S/C17H25ClN2O2/c1-4-22-16-9-8-14(18)11-13(16)12-20(3)17(21)15-7-5-6-10-19(15)2/h8-9,11,15H,4-7,10,12H2,1-3H3/t15-/m0/s1. The van der Waals surface area contributed by atoms with Gasteiger partial charge in [-0.05, 0) is 51.6 Å². The molecule has 4 nitrogen and oxygen atoms in total. The fourth-order valence-corrected chi connectivity index (χ4v) is 3.14. The highest BCUT2D eigenvalue weighted by atomic mass is 35.5. The summed E-state index contributed by atoms with van der Waals surface area (Å²) in [6.07, 6.45) is 3.23. The lowest BCUT2D eigenvalue weighted by Gasteiger charge is -2.34. The minimum atomic E-state index is -0.00604. The van der Waals surface area contributed by atoms with Crippen molar-refractivity contribution in [1.82, 2.24) is 9.80 Å². The number of amides is 1. The number of hydrogen-bond donors (Lipinski definition) is 0. The van der Waals surface area contributed by atoms with Crippen molar-refractivity contribution in [2.75, 3.05) is 27.2 Å². The van der Waals surface area contributed by atoms with E-state index in [0.717, 1.165) is 30.7 Å². The quantitative estimate of drug-likeness (QED) is 0.834. The van der Waals surface area contributed by atoms with Gasteiger partial charge in [-0.3, -0.25) is 9.69 Å². The van der Waals surface area contributed by atoms with Crippen molar-refractivity contribution >= 4 is 17.5 Å². The molecule has 1 aliphatic rings. The zero-order chi connectivity index (χ0) is 16.1. The normalized spacial score (nSPS) is 19.0. The molecule has 0 radical (unpaired) electrons. The fourth-order valence-electron chi connectivity index (χ4n) is 2.94. The molecule has 2 rings (SSSR count). The zero-order valence-electron chi connectivity index (χ0n) is 13.6. The molecular formula is C17H25ClN2O2. The molecular weight excluding hydrogens is 300 g/mol. The molecule has 0 bridgehead atoms. The average molecular weight is 325 g/mol. The number of halogens is 1. The van der Waals surface area contributed by atoms with Crippen LogP contribution in [0.1, 0.15) is 31.7 Å². The first kappa shape index (κ1) is 17.1. The lowest BCUT2D eigenvalue weighted by Crippen LogP contribution is -2.47. The number of likely N-dealkylation sites (N-methyl/N-ethyl adjacent to an activating group) is 2. The molecule has 1 heterocycles.